The van der Waals surface area contributed by atoms with Crippen LogP contribution in [-0.2, 0) is 4.43 Å². The van der Waals surface area contributed by atoms with E-state index < -0.39 is 8.32 Å². The normalized spacial score (nSPS) is 12.0. The maximum atomic E-state index is 5.17. The van der Waals surface area contributed by atoms with Crippen LogP contribution in [0.1, 0.15) is 6.92 Å². The Morgan fingerprint density at radius 2 is 1.86 bits per heavy atom. The van der Waals surface area contributed by atoms with Crippen LogP contribution in [0.25, 0.3) is 0 Å². The van der Waals surface area contributed by atoms with Gasteiger partial charge in [0.1, 0.15) is 0 Å². The van der Waals surface area contributed by atoms with Crippen LogP contribution in [-0.4, -0.2) is 15.4 Å². The summed E-state index contributed by atoms with van der Waals surface area (Å²) in [5.41, 5.74) is 0. The molecule has 0 heterocycles. The molecule has 2 heteroatoms. The van der Waals surface area contributed by atoms with E-state index in [1.807, 2.05) is 0 Å². The SMILES string of the molecule is C[CH][Si](C)(C)OC. The Bertz CT molecular complexity index is 46.0. The highest BCUT2D eigenvalue weighted by atomic mass is 28.4. The van der Waals surface area contributed by atoms with Crippen molar-refractivity contribution in [1.29, 1.82) is 0 Å². The van der Waals surface area contributed by atoms with Crippen LogP contribution in [0, 0.1) is 6.04 Å². The maximum absolute atomic E-state index is 5.17. The van der Waals surface area contributed by atoms with Crippen molar-refractivity contribution in [2.75, 3.05) is 7.11 Å². The van der Waals surface area contributed by atoms with Crippen molar-refractivity contribution in [3.63, 3.8) is 0 Å². The van der Waals surface area contributed by atoms with Gasteiger partial charge in [-0.2, -0.15) is 0 Å². The Hall–Kier alpha value is 0.177. The predicted molar refractivity (Wildman–Crippen MR) is 34.5 cm³/mol. The van der Waals surface area contributed by atoms with Crippen LogP contribution in [0.15, 0.2) is 0 Å². The minimum atomic E-state index is -1.28. The van der Waals surface area contributed by atoms with E-state index in [9.17, 15) is 0 Å². The third-order valence-corrected chi connectivity index (χ3v) is 3.66. The highest BCUT2D eigenvalue weighted by molar-refractivity contribution is 6.74. The van der Waals surface area contributed by atoms with Crippen LogP contribution in [0.4, 0.5) is 0 Å². The Labute approximate surface area is 46.8 Å². The molecule has 7 heavy (non-hydrogen) atoms. The molecule has 0 aromatic rings. The van der Waals surface area contributed by atoms with Crippen molar-refractivity contribution in [2.24, 2.45) is 0 Å². The molecule has 0 aromatic carbocycles. The van der Waals surface area contributed by atoms with Crippen LogP contribution in [0.5, 0.6) is 0 Å². The van der Waals surface area contributed by atoms with Crippen molar-refractivity contribution in [3.05, 3.63) is 6.04 Å². The Morgan fingerprint density at radius 1 is 1.43 bits per heavy atom. The number of hydrogen-bond donors (Lipinski definition) is 0. The van der Waals surface area contributed by atoms with E-state index in [4.69, 9.17) is 4.43 Å². The monoisotopic (exact) mass is 117 g/mol. The van der Waals surface area contributed by atoms with Gasteiger partial charge in [-0.15, -0.1) is 0 Å². The smallest absolute Gasteiger partial charge is 0.189 e. The first-order valence-corrected chi connectivity index (χ1v) is 5.46. The zero-order valence-electron chi connectivity index (χ0n) is 5.49. The topological polar surface area (TPSA) is 9.23 Å². The van der Waals surface area contributed by atoms with Crippen molar-refractivity contribution in [2.45, 2.75) is 20.0 Å². The number of rotatable bonds is 2. The molecule has 0 rings (SSSR count). The predicted octanol–water partition coefficient (Wildman–Crippen LogP) is 1.60. The molecule has 0 fully saturated rings. The van der Waals surface area contributed by atoms with Gasteiger partial charge in [0.2, 0.25) is 0 Å². The molecule has 0 bridgehead atoms. The van der Waals surface area contributed by atoms with Crippen molar-refractivity contribution in [3.8, 4) is 0 Å². The minimum absolute atomic E-state index is 1.28. The molecule has 0 unspecified atom stereocenters. The second kappa shape index (κ2) is 2.48. The molecule has 0 N–H and O–H groups in total. The van der Waals surface area contributed by atoms with Gasteiger partial charge >= 0.3 is 0 Å². The fourth-order valence-corrected chi connectivity index (χ4v) is 0.354. The molecule has 0 amide bonds. The van der Waals surface area contributed by atoms with Gasteiger partial charge in [0.15, 0.2) is 8.32 Å². The molecule has 0 aliphatic heterocycles. The highest BCUT2D eigenvalue weighted by Gasteiger charge is 2.16. The molecule has 0 saturated carbocycles. The highest BCUT2D eigenvalue weighted by Crippen LogP contribution is 2.03. The lowest BCUT2D eigenvalue weighted by atomic mass is 11.0. The van der Waals surface area contributed by atoms with E-state index >= 15 is 0 Å². The molecule has 43 valence electrons. The van der Waals surface area contributed by atoms with Crippen LogP contribution in [0.3, 0.4) is 0 Å². The lowest BCUT2D eigenvalue weighted by Crippen LogP contribution is -2.28. The lowest BCUT2D eigenvalue weighted by molar-refractivity contribution is 0.411. The van der Waals surface area contributed by atoms with E-state index in [1.54, 1.807) is 7.11 Å². The van der Waals surface area contributed by atoms with Crippen LogP contribution >= 0.6 is 0 Å². The van der Waals surface area contributed by atoms with E-state index in [2.05, 4.69) is 26.1 Å². The fourth-order valence-electron chi connectivity index (χ4n) is 0.118. The summed E-state index contributed by atoms with van der Waals surface area (Å²) in [5.74, 6) is 0. The van der Waals surface area contributed by atoms with Gasteiger partial charge in [0, 0.05) is 7.11 Å². The Morgan fingerprint density at radius 3 is 1.86 bits per heavy atom. The Kier molecular flexibility index (Phi) is 2.54. The van der Waals surface area contributed by atoms with Crippen LogP contribution < -0.4 is 0 Å². The first kappa shape index (κ1) is 7.18. The zero-order chi connectivity index (χ0) is 5.91. The summed E-state index contributed by atoms with van der Waals surface area (Å²) in [6.07, 6.45) is 0. The molecule has 0 aliphatic rings. The van der Waals surface area contributed by atoms with Gasteiger partial charge in [-0.05, 0) is 19.1 Å². The molecule has 0 aromatic heterocycles. The van der Waals surface area contributed by atoms with Gasteiger partial charge in [-0.1, -0.05) is 6.92 Å². The van der Waals surface area contributed by atoms with Gasteiger partial charge in [-0.25, -0.2) is 0 Å². The van der Waals surface area contributed by atoms with Crippen molar-refractivity contribution >= 4 is 8.32 Å². The van der Waals surface area contributed by atoms with E-state index in [0.29, 0.717) is 0 Å². The van der Waals surface area contributed by atoms with E-state index in [1.165, 1.54) is 0 Å². The molecule has 1 radical (unpaired) electrons. The van der Waals surface area contributed by atoms with Gasteiger partial charge < -0.3 is 4.43 Å². The molecular formula is C5H13OSi. The number of hydrogen-bond acceptors (Lipinski definition) is 1. The second-order valence-electron chi connectivity index (χ2n) is 2.10. The summed E-state index contributed by atoms with van der Waals surface area (Å²) in [5, 5.41) is 0. The maximum Gasteiger partial charge on any atom is 0.189 e. The molecule has 0 saturated heterocycles. The summed E-state index contributed by atoms with van der Waals surface area (Å²) >= 11 is 0. The minimum Gasteiger partial charge on any atom is -0.420 e. The molecule has 0 spiro atoms. The van der Waals surface area contributed by atoms with Crippen molar-refractivity contribution < 1.29 is 4.43 Å². The fraction of sp³-hybridized carbons (Fsp3) is 0.800. The zero-order valence-corrected chi connectivity index (χ0v) is 6.49. The molecule has 1 nitrogen and oxygen atoms in total. The average molecular weight is 117 g/mol. The quantitative estimate of drug-likeness (QED) is 0.499. The van der Waals surface area contributed by atoms with Gasteiger partial charge in [0.25, 0.3) is 0 Å². The summed E-state index contributed by atoms with van der Waals surface area (Å²) < 4.78 is 5.17. The van der Waals surface area contributed by atoms with Crippen LogP contribution in [0.2, 0.25) is 13.1 Å². The molecular weight excluding hydrogens is 104 g/mol. The lowest BCUT2D eigenvalue weighted by Gasteiger charge is -2.15. The average Bonchev–Trinajstić information content (AvgIpc) is 1.68. The summed E-state index contributed by atoms with van der Waals surface area (Å²) in [7, 11) is 0.494. The second-order valence-corrected chi connectivity index (χ2v) is 6.29. The molecule has 0 aliphatic carbocycles. The largest absolute Gasteiger partial charge is 0.420 e. The van der Waals surface area contributed by atoms with Crippen molar-refractivity contribution in [1.82, 2.24) is 0 Å². The summed E-state index contributed by atoms with van der Waals surface area (Å²) in [4.78, 5) is 0. The Balaban J connectivity index is 3.36. The first-order valence-electron chi connectivity index (χ1n) is 2.48. The first-order chi connectivity index (χ1) is 3.12. The van der Waals surface area contributed by atoms with E-state index in [0.717, 1.165) is 0 Å². The van der Waals surface area contributed by atoms with Gasteiger partial charge in [0.05, 0.1) is 0 Å². The van der Waals surface area contributed by atoms with Gasteiger partial charge in [-0.3, -0.25) is 0 Å². The summed E-state index contributed by atoms with van der Waals surface area (Å²) in [6.45, 7) is 6.37. The molecule has 0 atom stereocenters. The third kappa shape index (κ3) is 2.82. The third-order valence-electron chi connectivity index (χ3n) is 1.22. The standard InChI is InChI=1S/C5H13OSi/c1-5-7(3,4)6-2/h5H,1-4H3. The van der Waals surface area contributed by atoms with E-state index in [-0.39, 0.29) is 0 Å². The summed E-state index contributed by atoms with van der Waals surface area (Å²) in [6, 6.07) is 2.16.